The van der Waals surface area contributed by atoms with Gasteiger partial charge in [0.1, 0.15) is 6.07 Å². The number of carboxylic acids is 1. The highest BCUT2D eigenvalue weighted by atomic mass is 79.9. The van der Waals surface area contributed by atoms with Crippen LogP contribution in [0.1, 0.15) is 15.9 Å². The molecule has 94 valence electrons. The van der Waals surface area contributed by atoms with Crippen LogP contribution >= 0.6 is 27.7 Å². The Morgan fingerprint density at radius 2 is 1.95 bits per heavy atom. The molecule has 0 amide bonds. The highest BCUT2D eigenvalue weighted by Gasteiger charge is 2.12. The largest absolute Gasteiger partial charge is 0.478 e. The van der Waals surface area contributed by atoms with Crippen LogP contribution in [0.15, 0.2) is 56.7 Å². The van der Waals surface area contributed by atoms with Gasteiger partial charge in [-0.15, -0.1) is 0 Å². The number of carboxylic acid groups (broad SMARTS) is 1. The van der Waals surface area contributed by atoms with Gasteiger partial charge in [0.15, 0.2) is 0 Å². The maximum absolute atomic E-state index is 11.1. The van der Waals surface area contributed by atoms with Crippen molar-refractivity contribution in [2.24, 2.45) is 0 Å². The number of nitriles is 1. The van der Waals surface area contributed by atoms with Crippen LogP contribution in [0.4, 0.5) is 0 Å². The van der Waals surface area contributed by atoms with Crippen molar-refractivity contribution in [1.82, 2.24) is 0 Å². The molecule has 0 aromatic heterocycles. The summed E-state index contributed by atoms with van der Waals surface area (Å²) in [5, 5.41) is 18.2. The third-order valence-electron chi connectivity index (χ3n) is 2.40. The molecule has 19 heavy (non-hydrogen) atoms. The van der Waals surface area contributed by atoms with E-state index in [0.717, 1.165) is 9.37 Å². The molecule has 0 saturated carbocycles. The van der Waals surface area contributed by atoms with Crippen LogP contribution in [-0.2, 0) is 0 Å². The molecule has 0 saturated heterocycles. The van der Waals surface area contributed by atoms with E-state index in [2.05, 4.69) is 22.0 Å². The smallest absolute Gasteiger partial charge is 0.336 e. The first kappa shape index (κ1) is 13.7. The SMILES string of the molecule is N#Cc1ccc(Br)cc1Sc1ccccc1C(=O)O. The second-order valence-electron chi connectivity index (χ2n) is 3.66. The first-order chi connectivity index (χ1) is 9.11. The van der Waals surface area contributed by atoms with Crippen molar-refractivity contribution in [2.75, 3.05) is 0 Å². The molecule has 0 aliphatic carbocycles. The molecule has 0 radical (unpaired) electrons. The molecule has 0 heterocycles. The molecule has 3 nitrogen and oxygen atoms in total. The number of carbonyl (C=O) groups is 1. The van der Waals surface area contributed by atoms with Crippen LogP contribution < -0.4 is 0 Å². The number of hydrogen-bond acceptors (Lipinski definition) is 3. The Labute approximate surface area is 123 Å². The fourth-order valence-electron chi connectivity index (χ4n) is 1.52. The zero-order valence-electron chi connectivity index (χ0n) is 9.63. The topological polar surface area (TPSA) is 61.1 Å². The van der Waals surface area contributed by atoms with Crippen molar-refractivity contribution in [1.29, 1.82) is 5.26 Å². The number of halogens is 1. The van der Waals surface area contributed by atoms with Gasteiger partial charge in [0, 0.05) is 14.3 Å². The van der Waals surface area contributed by atoms with Gasteiger partial charge in [-0.3, -0.25) is 0 Å². The van der Waals surface area contributed by atoms with Gasteiger partial charge in [-0.25, -0.2) is 4.79 Å². The zero-order chi connectivity index (χ0) is 13.8. The minimum Gasteiger partial charge on any atom is -0.478 e. The second kappa shape index (κ2) is 5.91. The van der Waals surface area contributed by atoms with Gasteiger partial charge < -0.3 is 5.11 Å². The number of nitrogens with zero attached hydrogens (tertiary/aromatic N) is 1. The van der Waals surface area contributed by atoms with Crippen molar-refractivity contribution in [3.05, 3.63) is 58.1 Å². The van der Waals surface area contributed by atoms with Crippen molar-refractivity contribution in [2.45, 2.75) is 9.79 Å². The van der Waals surface area contributed by atoms with E-state index >= 15 is 0 Å². The molecule has 0 aliphatic heterocycles. The van der Waals surface area contributed by atoms with Crippen LogP contribution in [0.5, 0.6) is 0 Å². The van der Waals surface area contributed by atoms with E-state index in [1.165, 1.54) is 11.8 Å². The van der Waals surface area contributed by atoms with E-state index in [-0.39, 0.29) is 5.56 Å². The van der Waals surface area contributed by atoms with Crippen LogP contribution in [0, 0.1) is 11.3 Å². The molecule has 0 atom stereocenters. The third kappa shape index (κ3) is 3.16. The number of hydrogen-bond donors (Lipinski definition) is 1. The molecule has 5 heteroatoms. The highest BCUT2D eigenvalue weighted by molar-refractivity contribution is 9.10. The van der Waals surface area contributed by atoms with E-state index in [4.69, 9.17) is 10.4 Å². The van der Waals surface area contributed by atoms with Gasteiger partial charge in [-0.2, -0.15) is 5.26 Å². The average Bonchev–Trinajstić information content (AvgIpc) is 2.39. The van der Waals surface area contributed by atoms with Crippen molar-refractivity contribution >= 4 is 33.7 Å². The standard InChI is InChI=1S/C14H8BrNO2S/c15-10-6-5-9(8-16)13(7-10)19-12-4-2-1-3-11(12)14(17)18/h1-7H,(H,17,18). The van der Waals surface area contributed by atoms with E-state index < -0.39 is 5.97 Å². The average molecular weight is 334 g/mol. The maximum atomic E-state index is 11.1. The molecule has 0 fully saturated rings. The molecule has 0 unspecified atom stereocenters. The number of aromatic carboxylic acids is 1. The minimum atomic E-state index is -0.975. The van der Waals surface area contributed by atoms with Gasteiger partial charge in [-0.05, 0) is 30.3 Å². The van der Waals surface area contributed by atoms with Crippen LogP contribution in [-0.4, -0.2) is 11.1 Å². The predicted octanol–water partition coefficient (Wildman–Crippen LogP) is 4.17. The summed E-state index contributed by atoms with van der Waals surface area (Å²) in [6, 6.07) is 14.1. The monoisotopic (exact) mass is 333 g/mol. The molecule has 0 bridgehead atoms. The molecule has 2 rings (SSSR count). The van der Waals surface area contributed by atoms with Gasteiger partial charge in [0.25, 0.3) is 0 Å². The molecule has 1 N–H and O–H groups in total. The Hall–Kier alpha value is -1.77. The predicted molar refractivity (Wildman–Crippen MR) is 76.4 cm³/mol. The van der Waals surface area contributed by atoms with E-state index in [0.29, 0.717) is 10.5 Å². The van der Waals surface area contributed by atoms with Crippen molar-refractivity contribution < 1.29 is 9.90 Å². The first-order valence-electron chi connectivity index (χ1n) is 5.31. The van der Waals surface area contributed by atoms with Crippen LogP contribution in [0.25, 0.3) is 0 Å². The van der Waals surface area contributed by atoms with E-state index in [9.17, 15) is 4.79 Å². The summed E-state index contributed by atoms with van der Waals surface area (Å²) in [7, 11) is 0. The summed E-state index contributed by atoms with van der Waals surface area (Å²) in [5.41, 5.74) is 0.754. The maximum Gasteiger partial charge on any atom is 0.336 e. The molecule has 0 aliphatic rings. The van der Waals surface area contributed by atoms with Crippen molar-refractivity contribution in [3.8, 4) is 6.07 Å². The lowest BCUT2D eigenvalue weighted by atomic mass is 10.2. The lowest BCUT2D eigenvalue weighted by Crippen LogP contribution is -1.98. The fraction of sp³-hybridized carbons (Fsp3) is 0. The molecule has 0 spiro atoms. The Morgan fingerprint density at radius 3 is 2.63 bits per heavy atom. The molecular formula is C14H8BrNO2S. The zero-order valence-corrected chi connectivity index (χ0v) is 12.0. The van der Waals surface area contributed by atoms with Crippen molar-refractivity contribution in [3.63, 3.8) is 0 Å². The minimum absolute atomic E-state index is 0.233. The first-order valence-corrected chi connectivity index (χ1v) is 6.92. The van der Waals surface area contributed by atoms with Gasteiger partial charge in [0.2, 0.25) is 0 Å². The summed E-state index contributed by atoms with van der Waals surface area (Å²) >= 11 is 4.62. The fourth-order valence-corrected chi connectivity index (χ4v) is 3.09. The lowest BCUT2D eigenvalue weighted by molar-refractivity contribution is 0.0693. The second-order valence-corrected chi connectivity index (χ2v) is 5.66. The molecule has 2 aromatic rings. The van der Waals surface area contributed by atoms with Gasteiger partial charge in [0.05, 0.1) is 11.1 Å². The van der Waals surface area contributed by atoms with Gasteiger partial charge >= 0.3 is 5.97 Å². The summed E-state index contributed by atoms with van der Waals surface area (Å²) in [4.78, 5) is 12.5. The summed E-state index contributed by atoms with van der Waals surface area (Å²) in [6.07, 6.45) is 0. The van der Waals surface area contributed by atoms with E-state index in [1.807, 2.05) is 6.07 Å². The normalized spacial score (nSPS) is 9.89. The summed E-state index contributed by atoms with van der Waals surface area (Å²) in [6.45, 7) is 0. The van der Waals surface area contributed by atoms with Crippen LogP contribution in [0.2, 0.25) is 0 Å². The molecule has 2 aromatic carbocycles. The molecular weight excluding hydrogens is 326 g/mol. The van der Waals surface area contributed by atoms with Crippen LogP contribution in [0.3, 0.4) is 0 Å². The Kier molecular flexibility index (Phi) is 4.25. The number of benzene rings is 2. The lowest BCUT2D eigenvalue weighted by Gasteiger charge is -2.07. The summed E-state index contributed by atoms with van der Waals surface area (Å²) < 4.78 is 0.849. The Morgan fingerprint density at radius 1 is 1.21 bits per heavy atom. The number of rotatable bonds is 3. The highest BCUT2D eigenvalue weighted by Crippen LogP contribution is 2.34. The summed E-state index contributed by atoms with van der Waals surface area (Å²) in [5.74, 6) is -0.975. The Balaban J connectivity index is 2.45. The third-order valence-corrected chi connectivity index (χ3v) is 4.03. The van der Waals surface area contributed by atoms with Gasteiger partial charge in [-0.1, -0.05) is 39.8 Å². The van der Waals surface area contributed by atoms with E-state index in [1.54, 1.807) is 36.4 Å². The quantitative estimate of drug-likeness (QED) is 0.915. The Bertz CT molecular complexity index is 679.